The van der Waals surface area contributed by atoms with E-state index in [1.165, 1.54) is 25.3 Å². The summed E-state index contributed by atoms with van der Waals surface area (Å²) >= 11 is 0. The quantitative estimate of drug-likeness (QED) is 0.627. The van der Waals surface area contributed by atoms with Crippen molar-refractivity contribution in [3.8, 4) is 5.75 Å². The molecule has 9 heteroatoms. The van der Waals surface area contributed by atoms with Gasteiger partial charge in [-0.05, 0) is 36.8 Å². The molecule has 6 nitrogen and oxygen atoms in total. The van der Waals surface area contributed by atoms with Crippen LogP contribution in [-0.2, 0) is 7.05 Å². The average molecular weight is 379 g/mol. The number of anilines is 1. The molecule has 0 aliphatic rings. The Labute approximate surface area is 154 Å². The van der Waals surface area contributed by atoms with Gasteiger partial charge in [0.05, 0.1) is 11.4 Å². The van der Waals surface area contributed by atoms with Crippen LogP contribution >= 0.6 is 0 Å². The molecular formula is C18H20F3N5O. The molecule has 1 aromatic carbocycles. The summed E-state index contributed by atoms with van der Waals surface area (Å²) in [6.07, 6.45) is -1.36. The van der Waals surface area contributed by atoms with Gasteiger partial charge in [-0.15, -0.1) is 13.2 Å². The van der Waals surface area contributed by atoms with Gasteiger partial charge in [-0.1, -0.05) is 6.07 Å². The first-order valence-corrected chi connectivity index (χ1v) is 7.74. The lowest BCUT2D eigenvalue weighted by Crippen LogP contribution is -2.17. The van der Waals surface area contributed by atoms with Crippen LogP contribution in [0.5, 0.6) is 5.75 Å². The third-order valence-electron chi connectivity index (χ3n) is 3.82. The molecule has 0 amide bonds. The zero-order valence-electron chi connectivity index (χ0n) is 14.8. The molecule has 0 unspecified atom stereocenters. The van der Waals surface area contributed by atoms with Gasteiger partial charge in [-0.2, -0.15) is 0 Å². The zero-order chi connectivity index (χ0) is 18.9. The highest BCUT2D eigenvalue weighted by Gasteiger charge is 2.31. The number of halogens is 3. The van der Waals surface area contributed by atoms with Crippen molar-refractivity contribution in [3.63, 3.8) is 0 Å². The lowest BCUT2D eigenvalue weighted by Gasteiger charge is -2.13. The first kappa shape index (κ1) is 20.1. The molecule has 0 spiro atoms. The molecule has 0 saturated carbocycles. The number of nitrogens with two attached hydrogens (primary N) is 1. The van der Waals surface area contributed by atoms with E-state index in [0.717, 1.165) is 11.0 Å². The van der Waals surface area contributed by atoms with Crippen molar-refractivity contribution in [2.24, 2.45) is 12.8 Å². The first-order chi connectivity index (χ1) is 12.2. The molecule has 0 saturated heterocycles. The number of benzene rings is 1. The largest absolute Gasteiger partial charge is 0.573 e. The molecule has 0 atom stereocenters. The number of hydrogen-bond donors (Lipinski definition) is 3. The number of nitrogens with one attached hydrogen (secondary N) is 1. The summed E-state index contributed by atoms with van der Waals surface area (Å²) in [5, 5.41) is 3.86. The summed E-state index contributed by atoms with van der Waals surface area (Å²) in [4.78, 5) is 4.48. The fraction of sp³-hybridized carbons (Fsp3) is 0.167. The van der Waals surface area contributed by atoms with Crippen LogP contribution in [-0.4, -0.2) is 15.9 Å². The van der Waals surface area contributed by atoms with E-state index in [1.807, 2.05) is 29.9 Å². The third-order valence-corrected chi connectivity index (χ3v) is 3.82. The van der Waals surface area contributed by atoms with Gasteiger partial charge < -0.3 is 26.5 Å². The standard InChI is InChI=1S/C18H17F3N4O.H3N/c1-11-3-5-13(9-16(11)26-18(19,20)21)23-10-14(22)15-6-4-12-7-8-25(2)17(12)24-15;/h3-10,23H,22H2,1-2H3;1H3/b14-10-;. The number of aryl methyl sites for hydroxylation is 2. The fourth-order valence-corrected chi connectivity index (χ4v) is 2.45. The maximum atomic E-state index is 12.4. The van der Waals surface area contributed by atoms with Crippen molar-refractivity contribution >= 4 is 22.4 Å². The second-order valence-corrected chi connectivity index (χ2v) is 5.81. The summed E-state index contributed by atoms with van der Waals surface area (Å²) in [5.41, 5.74) is 8.53. The van der Waals surface area contributed by atoms with Gasteiger partial charge in [0.15, 0.2) is 0 Å². The molecular weight excluding hydrogens is 359 g/mol. The van der Waals surface area contributed by atoms with Crippen LogP contribution in [0.4, 0.5) is 18.9 Å². The topological polar surface area (TPSA) is 100 Å². The van der Waals surface area contributed by atoms with Crippen molar-refractivity contribution in [1.82, 2.24) is 15.7 Å². The Hall–Kier alpha value is -3.20. The zero-order valence-corrected chi connectivity index (χ0v) is 14.8. The van der Waals surface area contributed by atoms with E-state index < -0.39 is 6.36 Å². The number of hydrogen-bond acceptors (Lipinski definition) is 5. The van der Waals surface area contributed by atoms with Crippen LogP contribution in [0.2, 0.25) is 0 Å². The summed E-state index contributed by atoms with van der Waals surface area (Å²) in [5.74, 6) is -0.266. The lowest BCUT2D eigenvalue weighted by atomic mass is 10.2. The second-order valence-electron chi connectivity index (χ2n) is 5.81. The molecule has 3 aromatic rings. The summed E-state index contributed by atoms with van der Waals surface area (Å²) < 4.78 is 43.2. The predicted octanol–water partition coefficient (Wildman–Crippen LogP) is 4.31. The Balaban J connectivity index is 0.00000261. The first-order valence-electron chi connectivity index (χ1n) is 7.74. The van der Waals surface area contributed by atoms with Crippen LogP contribution < -0.4 is 21.9 Å². The van der Waals surface area contributed by atoms with Crippen LogP contribution in [0, 0.1) is 6.92 Å². The monoisotopic (exact) mass is 379 g/mol. The van der Waals surface area contributed by atoms with E-state index in [9.17, 15) is 13.2 Å². The van der Waals surface area contributed by atoms with Crippen molar-refractivity contribution in [2.45, 2.75) is 13.3 Å². The van der Waals surface area contributed by atoms with Crippen LogP contribution in [0.15, 0.2) is 48.8 Å². The third kappa shape index (κ3) is 4.70. The second kappa shape index (κ2) is 7.58. The molecule has 144 valence electrons. The Kier molecular flexibility index (Phi) is 5.65. The lowest BCUT2D eigenvalue weighted by molar-refractivity contribution is -0.274. The van der Waals surface area contributed by atoms with E-state index in [2.05, 4.69) is 15.0 Å². The van der Waals surface area contributed by atoms with Gasteiger partial charge in [0.2, 0.25) is 0 Å². The van der Waals surface area contributed by atoms with Crippen LogP contribution in [0.25, 0.3) is 16.7 Å². The van der Waals surface area contributed by atoms with E-state index in [-0.39, 0.29) is 11.9 Å². The summed E-state index contributed by atoms with van der Waals surface area (Å²) in [6.45, 7) is 1.54. The van der Waals surface area contributed by atoms with Crippen molar-refractivity contribution in [2.75, 3.05) is 5.32 Å². The highest BCUT2D eigenvalue weighted by molar-refractivity contribution is 5.78. The molecule has 2 aromatic heterocycles. The number of fused-ring (bicyclic) bond motifs is 1. The smallest absolute Gasteiger partial charge is 0.405 e. The van der Waals surface area contributed by atoms with Crippen molar-refractivity contribution in [1.29, 1.82) is 0 Å². The van der Waals surface area contributed by atoms with E-state index >= 15 is 0 Å². The Morgan fingerprint density at radius 2 is 1.96 bits per heavy atom. The maximum Gasteiger partial charge on any atom is 0.573 e. The maximum absolute atomic E-state index is 12.4. The van der Waals surface area contributed by atoms with Gasteiger partial charge in [0, 0.05) is 36.6 Å². The fourth-order valence-electron chi connectivity index (χ4n) is 2.45. The minimum Gasteiger partial charge on any atom is -0.405 e. The van der Waals surface area contributed by atoms with E-state index in [0.29, 0.717) is 22.6 Å². The van der Waals surface area contributed by atoms with Crippen LogP contribution in [0.3, 0.4) is 0 Å². The Bertz CT molecular complexity index is 979. The van der Waals surface area contributed by atoms with Gasteiger partial charge in [-0.25, -0.2) is 4.98 Å². The number of nitrogens with zero attached hydrogens (tertiary/aromatic N) is 2. The molecule has 0 bridgehead atoms. The molecule has 0 aliphatic heterocycles. The predicted molar refractivity (Wildman–Crippen MR) is 99.4 cm³/mol. The Morgan fingerprint density at radius 3 is 2.67 bits per heavy atom. The van der Waals surface area contributed by atoms with Gasteiger partial charge in [0.25, 0.3) is 0 Å². The summed E-state index contributed by atoms with van der Waals surface area (Å²) in [6, 6.07) is 10.1. The molecule has 0 radical (unpaired) electrons. The highest BCUT2D eigenvalue weighted by atomic mass is 19.4. The Morgan fingerprint density at radius 1 is 1.22 bits per heavy atom. The molecule has 27 heavy (non-hydrogen) atoms. The van der Waals surface area contributed by atoms with Gasteiger partial charge in [-0.3, -0.25) is 0 Å². The van der Waals surface area contributed by atoms with E-state index in [4.69, 9.17) is 5.73 Å². The van der Waals surface area contributed by atoms with Crippen molar-refractivity contribution < 1.29 is 17.9 Å². The minimum atomic E-state index is -4.74. The molecule has 2 heterocycles. The number of aromatic nitrogens is 2. The highest BCUT2D eigenvalue weighted by Crippen LogP contribution is 2.29. The van der Waals surface area contributed by atoms with Crippen molar-refractivity contribution in [3.05, 3.63) is 60.1 Å². The number of ether oxygens (including phenoxy) is 1. The summed E-state index contributed by atoms with van der Waals surface area (Å²) in [7, 11) is 1.88. The molecule has 0 fully saturated rings. The number of alkyl halides is 3. The van der Waals surface area contributed by atoms with Gasteiger partial charge >= 0.3 is 6.36 Å². The van der Waals surface area contributed by atoms with E-state index in [1.54, 1.807) is 12.1 Å². The normalized spacial score (nSPS) is 12.0. The van der Waals surface area contributed by atoms with Gasteiger partial charge in [0.1, 0.15) is 11.4 Å². The number of pyridine rings is 1. The molecule has 6 N–H and O–H groups in total. The number of rotatable bonds is 4. The minimum absolute atomic E-state index is 0. The SMILES string of the molecule is Cc1ccc(N/C=C(\N)c2ccc3ccn(C)c3n2)cc1OC(F)(F)F.N. The molecule has 0 aliphatic carbocycles. The average Bonchev–Trinajstić information content (AvgIpc) is 2.94. The molecule has 3 rings (SSSR count). The van der Waals surface area contributed by atoms with Crippen LogP contribution in [0.1, 0.15) is 11.3 Å².